The van der Waals surface area contributed by atoms with Gasteiger partial charge >= 0.3 is 12.1 Å². The maximum absolute atomic E-state index is 14.8. The zero-order chi connectivity index (χ0) is 23.3. The highest BCUT2D eigenvalue weighted by Crippen LogP contribution is 2.30. The van der Waals surface area contributed by atoms with Crippen LogP contribution in [-0.2, 0) is 25.6 Å². The number of hydrogen-bond acceptors (Lipinski definition) is 9. The minimum atomic E-state index is -0.576. The highest BCUT2D eigenvalue weighted by molar-refractivity contribution is 7.80. The molecule has 1 saturated heterocycles. The quantitative estimate of drug-likeness (QED) is 0.429. The fourth-order valence-electron chi connectivity index (χ4n) is 2.77. The van der Waals surface area contributed by atoms with Gasteiger partial charge in [-0.05, 0) is 25.1 Å². The summed E-state index contributed by atoms with van der Waals surface area (Å²) >= 11 is 6.05. The fraction of sp³-hybridized carbons (Fsp3) is 0.368. The van der Waals surface area contributed by atoms with Crippen LogP contribution in [0, 0.1) is 5.82 Å². The van der Waals surface area contributed by atoms with E-state index in [-0.39, 0.29) is 18.7 Å². The summed E-state index contributed by atoms with van der Waals surface area (Å²) in [4.78, 5) is 36.4. The van der Waals surface area contributed by atoms with E-state index < -0.39 is 36.5 Å². The van der Waals surface area contributed by atoms with Crippen LogP contribution in [0.5, 0.6) is 0 Å². The highest BCUT2D eigenvalue weighted by Gasteiger charge is 2.32. The molecule has 10 nitrogen and oxygen atoms in total. The molecule has 1 aromatic carbocycles. The van der Waals surface area contributed by atoms with E-state index in [4.69, 9.17) is 17.0 Å². The van der Waals surface area contributed by atoms with E-state index in [1.54, 1.807) is 13.0 Å². The van der Waals surface area contributed by atoms with Crippen LogP contribution < -0.4 is 15.5 Å². The van der Waals surface area contributed by atoms with Crippen molar-refractivity contribution in [2.75, 3.05) is 24.6 Å². The van der Waals surface area contributed by atoms with Crippen molar-refractivity contribution in [1.82, 2.24) is 20.8 Å². The molecule has 2 heterocycles. The van der Waals surface area contributed by atoms with Crippen molar-refractivity contribution >= 4 is 52.2 Å². The molecule has 2 amide bonds. The van der Waals surface area contributed by atoms with Gasteiger partial charge in [-0.1, -0.05) is 23.6 Å². The molecule has 0 saturated carbocycles. The number of nitrogens with one attached hydrogen (secondary N) is 2. The number of nitrogens with zero attached hydrogens (tertiary/aromatic N) is 3. The second kappa shape index (κ2) is 10.4. The van der Waals surface area contributed by atoms with Gasteiger partial charge in [-0.2, -0.15) is 0 Å². The number of cyclic esters (lactones) is 1. The predicted octanol–water partition coefficient (Wildman–Crippen LogP) is 1.79. The topological polar surface area (TPSA) is 123 Å². The van der Waals surface area contributed by atoms with Crippen molar-refractivity contribution in [2.45, 2.75) is 26.5 Å². The van der Waals surface area contributed by atoms with Crippen LogP contribution in [-0.4, -0.2) is 59.0 Å². The summed E-state index contributed by atoms with van der Waals surface area (Å²) in [5.74, 6) is -1.62. The Morgan fingerprint density at radius 3 is 2.81 bits per heavy atom. The number of esters is 1. The molecule has 1 fully saturated rings. The number of carbonyl (C=O) groups excluding carboxylic acids is 3. The lowest BCUT2D eigenvalue weighted by molar-refractivity contribution is -0.146. The van der Waals surface area contributed by atoms with Crippen molar-refractivity contribution in [3.8, 4) is 10.6 Å². The Balaban J connectivity index is 1.62. The van der Waals surface area contributed by atoms with E-state index in [1.165, 1.54) is 24.0 Å². The summed E-state index contributed by atoms with van der Waals surface area (Å²) in [6, 6.07) is 4.34. The van der Waals surface area contributed by atoms with Crippen LogP contribution in [0.25, 0.3) is 10.6 Å². The average molecular weight is 482 g/mol. The first-order chi connectivity index (χ1) is 15.2. The van der Waals surface area contributed by atoms with Gasteiger partial charge in [-0.25, -0.2) is 9.18 Å². The molecule has 32 heavy (non-hydrogen) atoms. The Hall–Kier alpha value is -3.19. The monoisotopic (exact) mass is 481 g/mol. The summed E-state index contributed by atoms with van der Waals surface area (Å²) in [5.41, 5.74) is 0.575. The molecule has 3 rings (SSSR count). The maximum Gasteiger partial charge on any atom is 0.414 e. The number of benzene rings is 1. The molecule has 2 N–H and O–H groups in total. The van der Waals surface area contributed by atoms with Crippen molar-refractivity contribution in [1.29, 1.82) is 0 Å². The Kier molecular flexibility index (Phi) is 7.64. The van der Waals surface area contributed by atoms with Gasteiger partial charge in [0.1, 0.15) is 16.9 Å². The number of hydrogen-bond donors (Lipinski definition) is 2. The smallest absolute Gasteiger partial charge is 0.414 e. The average Bonchev–Trinajstić information content (AvgIpc) is 3.35. The first-order valence-corrected chi connectivity index (χ1v) is 10.7. The van der Waals surface area contributed by atoms with Crippen LogP contribution in [0.1, 0.15) is 18.9 Å². The highest BCUT2D eigenvalue weighted by atomic mass is 32.1. The zero-order valence-electron chi connectivity index (χ0n) is 17.2. The minimum absolute atomic E-state index is 0.0632. The van der Waals surface area contributed by atoms with Gasteiger partial charge in [0.05, 0.1) is 30.3 Å². The van der Waals surface area contributed by atoms with Crippen LogP contribution >= 0.6 is 23.6 Å². The number of rotatable bonds is 8. The number of halogens is 1. The molecule has 1 unspecified atom stereocenters. The number of thiocarbonyl (C=S) groups is 1. The number of ether oxygens (including phenoxy) is 2. The normalized spacial score (nSPS) is 15.3. The van der Waals surface area contributed by atoms with Gasteiger partial charge in [0.25, 0.3) is 5.91 Å². The van der Waals surface area contributed by atoms with Crippen molar-refractivity contribution in [3.05, 3.63) is 29.0 Å². The van der Waals surface area contributed by atoms with E-state index in [1.807, 2.05) is 0 Å². The second-order valence-corrected chi connectivity index (χ2v) is 8.45. The molecule has 1 aliphatic rings. The number of carbonyl (C=O) groups is 3. The Morgan fingerprint density at radius 1 is 1.34 bits per heavy atom. The standard InChI is InChI=1S/C19H20FN5O5S2/c1-10(31)21-6-13-8-25(19(28)30-13)12-3-4-14(15(20)5-12)18-24-23-17(32-18)7-22-16(27)9-29-11(2)26/h3-5,13H,6-9H2,1-2H3,(H,21,31)(H,22,27). The van der Waals surface area contributed by atoms with Gasteiger partial charge in [0.15, 0.2) is 11.6 Å². The summed E-state index contributed by atoms with van der Waals surface area (Å²) in [6.45, 7) is 3.25. The zero-order valence-corrected chi connectivity index (χ0v) is 18.8. The van der Waals surface area contributed by atoms with Crippen LogP contribution in [0.3, 0.4) is 0 Å². The van der Waals surface area contributed by atoms with Crippen molar-refractivity contribution in [3.63, 3.8) is 0 Å². The van der Waals surface area contributed by atoms with Crippen molar-refractivity contribution < 1.29 is 28.2 Å². The van der Waals surface area contributed by atoms with E-state index in [2.05, 4.69) is 25.6 Å². The fourth-order valence-corrected chi connectivity index (χ4v) is 3.66. The van der Waals surface area contributed by atoms with E-state index in [0.29, 0.717) is 27.2 Å². The lowest BCUT2D eigenvalue weighted by Gasteiger charge is -2.14. The van der Waals surface area contributed by atoms with Crippen molar-refractivity contribution in [2.24, 2.45) is 0 Å². The predicted molar refractivity (Wildman–Crippen MR) is 118 cm³/mol. The number of anilines is 1. The van der Waals surface area contributed by atoms with Gasteiger partial charge in [0.2, 0.25) is 0 Å². The third-order valence-electron chi connectivity index (χ3n) is 4.26. The van der Waals surface area contributed by atoms with E-state index in [9.17, 15) is 18.8 Å². The molecule has 0 aliphatic carbocycles. The molecular weight excluding hydrogens is 461 g/mol. The lowest BCUT2D eigenvalue weighted by atomic mass is 10.2. The first kappa shape index (κ1) is 23.5. The Bertz CT molecular complexity index is 1050. The third kappa shape index (κ3) is 6.17. The van der Waals surface area contributed by atoms with Gasteiger partial charge in [0, 0.05) is 12.5 Å². The summed E-state index contributed by atoms with van der Waals surface area (Å²) < 4.78 is 24.6. The summed E-state index contributed by atoms with van der Waals surface area (Å²) in [6.07, 6.45) is -0.960. The van der Waals surface area contributed by atoms with Crippen LogP contribution in [0.2, 0.25) is 0 Å². The third-order valence-corrected chi connectivity index (χ3v) is 5.36. The molecule has 2 aromatic rings. The van der Waals surface area contributed by atoms with E-state index in [0.717, 1.165) is 11.3 Å². The largest absolute Gasteiger partial charge is 0.456 e. The molecule has 13 heteroatoms. The van der Waals surface area contributed by atoms with Gasteiger partial charge in [-0.15, -0.1) is 10.2 Å². The van der Waals surface area contributed by atoms with Gasteiger partial charge in [-0.3, -0.25) is 14.5 Å². The van der Waals surface area contributed by atoms with Crippen LogP contribution in [0.4, 0.5) is 14.9 Å². The van der Waals surface area contributed by atoms with E-state index >= 15 is 0 Å². The first-order valence-electron chi connectivity index (χ1n) is 9.48. The maximum atomic E-state index is 14.8. The van der Waals surface area contributed by atoms with Gasteiger partial charge < -0.3 is 20.1 Å². The second-order valence-electron chi connectivity index (χ2n) is 6.78. The Labute approximate surface area is 192 Å². The molecule has 0 spiro atoms. The molecule has 1 aliphatic heterocycles. The minimum Gasteiger partial charge on any atom is -0.456 e. The molecule has 0 bridgehead atoms. The SMILES string of the molecule is CC(=O)OCC(=O)NCc1nnc(-c2ccc(N3CC(CNC(C)=S)OC3=O)cc2F)s1. The summed E-state index contributed by atoms with van der Waals surface area (Å²) in [5, 5.41) is 14.1. The van der Waals surface area contributed by atoms with Crippen LogP contribution in [0.15, 0.2) is 18.2 Å². The molecule has 0 radical (unpaired) electrons. The summed E-state index contributed by atoms with van der Waals surface area (Å²) in [7, 11) is 0. The Morgan fingerprint density at radius 2 is 2.12 bits per heavy atom. The molecule has 170 valence electrons. The number of aromatic nitrogens is 2. The molecular formula is C19H20FN5O5S2. The molecule has 1 aromatic heterocycles. The number of amides is 2. The molecule has 1 atom stereocenters. The lowest BCUT2D eigenvalue weighted by Crippen LogP contribution is -2.32.